The Bertz CT molecular complexity index is 667. The standard InChI is InChI=1S/C14H13F3N2O3/c1-8-12(18-7-22-8)13(21)19-11(6-20)9-4-2-3-5-10(9)14(15,16)17/h2-5,7,11,20H,6H2,1H3,(H,19,21). The molecule has 0 fully saturated rings. The molecule has 0 bridgehead atoms. The van der Waals surface area contributed by atoms with Crippen molar-refractivity contribution in [2.75, 3.05) is 6.61 Å². The van der Waals surface area contributed by atoms with Gasteiger partial charge < -0.3 is 14.8 Å². The topological polar surface area (TPSA) is 75.4 Å². The number of benzene rings is 1. The summed E-state index contributed by atoms with van der Waals surface area (Å²) >= 11 is 0. The van der Waals surface area contributed by atoms with Crippen LogP contribution in [0.25, 0.3) is 0 Å². The van der Waals surface area contributed by atoms with Crippen LogP contribution in [0.5, 0.6) is 0 Å². The maximum absolute atomic E-state index is 13.0. The summed E-state index contributed by atoms with van der Waals surface area (Å²) < 4.78 is 43.9. The lowest BCUT2D eigenvalue weighted by Gasteiger charge is -2.20. The molecule has 0 radical (unpaired) electrons. The van der Waals surface area contributed by atoms with Crippen LogP contribution >= 0.6 is 0 Å². The number of aryl methyl sites for hydroxylation is 1. The lowest BCUT2D eigenvalue weighted by atomic mass is 10.00. The Balaban J connectivity index is 2.30. The lowest BCUT2D eigenvalue weighted by Crippen LogP contribution is -2.32. The van der Waals surface area contributed by atoms with Crippen LogP contribution in [0, 0.1) is 6.92 Å². The second-order valence-corrected chi connectivity index (χ2v) is 4.55. The summed E-state index contributed by atoms with van der Waals surface area (Å²) in [6.45, 7) is 0.815. The number of carbonyl (C=O) groups is 1. The van der Waals surface area contributed by atoms with Crippen LogP contribution in [0.4, 0.5) is 13.2 Å². The third-order valence-electron chi connectivity index (χ3n) is 3.09. The van der Waals surface area contributed by atoms with E-state index in [2.05, 4.69) is 10.3 Å². The minimum Gasteiger partial charge on any atom is -0.448 e. The Morgan fingerprint density at radius 3 is 2.64 bits per heavy atom. The van der Waals surface area contributed by atoms with Gasteiger partial charge in [-0.2, -0.15) is 13.2 Å². The Kier molecular flexibility index (Phi) is 4.51. The van der Waals surface area contributed by atoms with Crippen molar-refractivity contribution in [3.63, 3.8) is 0 Å². The van der Waals surface area contributed by atoms with Crippen LogP contribution in [0.1, 0.15) is 33.4 Å². The molecule has 5 nitrogen and oxygen atoms in total. The number of carbonyl (C=O) groups excluding carboxylic acids is 1. The van der Waals surface area contributed by atoms with E-state index in [0.29, 0.717) is 0 Å². The third kappa shape index (κ3) is 3.28. The van der Waals surface area contributed by atoms with Gasteiger partial charge in [0.05, 0.1) is 18.2 Å². The molecule has 2 aromatic rings. The smallest absolute Gasteiger partial charge is 0.416 e. The molecule has 0 saturated heterocycles. The number of aliphatic hydroxyl groups excluding tert-OH is 1. The van der Waals surface area contributed by atoms with Gasteiger partial charge in [0.25, 0.3) is 5.91 Å². The highest BCUT2D eigenvalue weighted by Gasteiger charge is 2.35. The van der Waals surface area contributed by atoms with Gasteiger partial charge in [0.1, 0.15) is 5.76 Å². The maximum atomic E-state index is 13.0. The molecule has 0 aliphatic heterocycles. The molecular formula is C14H13F3N2O3. The number of aliphatic hydroxyl groups is 1. The molecule has 0 aliphatic rings. The lowest BCUT2D eigenvalue weighted by molar-refractivity contribution is -0.138. The van der Waals surface area contributed by atoms with Gasteiger partial charge in [0.15, 0.2) is 12.1 Å². The molecular weight excluding hydrogens is 301 g/mol. The fraction of sp³-hybridized carbons (Fsp3) is 0.286. The van der Waals surface area contributed by atoms with Gasteiger partial charge in [-0.3, -0.25) is 4.79 Å². The first-order valence-corrected chi connectivity index (χ1v) is 6.32. The van der Waals surface area contributed by atoms with Gasteiger partial charge in [0.2, 0.25) is 0 Å². The van der Waals surface area contributed by atoms with E-state index in [1.165, 1.54) is 25.1 Å². The second-order valence-electron chi connectivity index (χ2n) is 4.55. The Labute approximate surface area is 123 Å². The molecule has 1 heterocycles. The number of amides is 1. The van der Waals surface area contributed by atoms with Gasteiger partial charge >= 0.3 is 6.18 Å². The second kappa shape index (κ2) is 6.18. The van der Waals surface area contributed by atoms with Crippen LogP contribution in [0.3, 0.4) is 0 Å². The highest BCUT2D eigenvalue weighted by atomic mass is 19.4. The third-order valence-corrected chi connectivity index (χ3v) is 3.09. The maximum Gasteiger partial charge on any atom is 0.416 e. The van der Waals surface area contributed by atoms with E-state index in [1.807, 2.05) is 0 Å². The van der Waals surface area contributed by atoms with E-state index in [1.54, 1.807) is 0 Å². The monoisotopic (exact) mass is 314 g/mol. The molecule has 0 saturated carbocycles. The van der Waals surface area contributed by atoms with Crippen LogP contribution in [-0.2, 0) is 6.18 Å². The predicted molar refractivity (Wildman–Crippen MR) is 70.0 cm³/mol. The average Bonchev–Trinajstić information content (AvgIpc) is 2.90. The average molecular weight is 314 g/mol. The largest absolute Gasteiger partial charge is 0.448 e. The van der Waals surface area contributed by atoms with E-state index in [4.69, 9.17) is 4.42 Å². The molecule has 2 rings (SSSR count). The minimum absolute atomic E-state index is 0.0389. The first kappa shape index (κ1) is 16.0. The summed E-state index contributed by atoms with van der Waals surface area (Å²) in [5.41, 5.74) is -1.17. The zero-order valence-electron chi connectivity index (χ0n) is 11.5. The molecule has 1 unspecified atom stereocenters. The summed E-state index contributed by atoms with van der Waals surface area (Å²) in [5, 5.41) is 11.7. The van der Waals surface area contributed by atoms with Crippen LogP contribution in [0.15, 0.2) is 35.1 Å². The zero-order valence-corrected chi connectivity index (χ0v) is 11.5. The predicted octanol–water partition coefficient (Wildman–Crippen LogP) is 2.47. The van der Waals surface area contributed by atoms with Crippen LogP contribution < -0.4 is 5.32 Å². The molecule has 0 aliphatic carbocycles. The number of halogens is 3. The zero-order chi connectivity index (χ0) is 16.3. The Hall–Kier alpha value is -2.35. The summed E-state index contributed by atoms with van der Waals surface area (Å²) in [6, 6.07) is 3.54. The molecule has 1 aromatic heterocycles. The highest BCUT2D eigenvalue weighted by Crippen LogP contribution is 2.34. The van der Waals surface area contributed by atoms with Crippen molar-refractivity contribution in [2.45, 2.75) is 19.1 Å². The normalized spacial score (nSPS) is 13.0. The fourth-order valence-electron chi connectivity index (χ4n) is 2.03. The molecule has 2 N–H and O–H groups in total. The number of hydrogen-bond acceptors (Lipinski definition) is 4. The van der Waals surface area contributed by atoms with E-state index in [9.17, 15) is 23.1 Å². The Morgan fingerprint density at radius 1 is 1.41 bits per heavy atom. The van der Waals surface area contributed by atoms with E-state index in [-0.39, 0.29) is 17.0 Å². The van der Waals surface area contributed by atoms with Crippen molar-refractivity contribution in [1.82, 2.24) is 10.3 Å². The van der Waals surface area contributed by atoms with Gasteiger partial charge in [-0.05, 0) is 18.6 Å². The van der Waals surface area contributed by atoms with Crippen molar-refractivity contribution in [1.29, 1.82) is 0 Å². The van der Waals surface area contributed by atoms with Crippen LogP contribution in [-0.4, -0.2) is 22.6 Å². The van der Waals surface area contributed by atoms with Gasteiger partial charge in [-0.1, -0.05) is 18.2 Å². The summed E-state index contributed by atoms with van der Waals surface area (Å²) in [4.78, 5) is 15.7. The van der Waals surface area contributed by atoms with Crippen molar-refractivity contribution in [3.05, 3.63) is 53.2 Å². The van der Waals surface area contributed by atoms with Crippen molar-refractivity contribution in [2.24, 2.45) is 0 Å². The fourth-order valence-corrected chi connectivity index (χ4v) is 2.03. The molecule has 8 heteroatoms. The van der Waals surface area contributed by atoms with Gasteiger partial charge in [0, 0.05) is 0 Å². The van der Waals surface area contributed by atoms with Crippen LogP contribution in [0.2, 0.25) is 0 Å². The molecule has 22 heavy (non-hydrogen) atoms. The van der Waals surface area contributed by atoms with Crippen molar-refractivity contribution in [3.8, 4) is 0 Å². The molecule has 1 atom stereocenters. The summed E-state index contributed by atoms with van der Waals surface area (Å²) in [6.07, 6.45) is -3.53. The number of oxazole rings is 1. The highest BCUT2D eigenvalue weighted by molar-refractivity contribution is 5.93. The SMILES string of the molecule is Cc1ocnc1C(=O)NC(CO)c1ccccc1C(F)(F)F. The Morgan fingerprint density at radius 2 is 2.09 bits per heavy atom. The van der Waals surface area contributed by atoms with Crippen molar-refractivity contribution < 1.29 is 27.5 Å². The first-order chi connectivity index (χ1) is 10.3. The van der Waals surface area contributed by atoms with Gasteiger partial charge in [-0.15, -0.1) is 0 Å². The van der Waals surface area contributed by atoms with E-state index < -0.39 is 30.3 Å². The van der Waals surface area contributed by atoms with E-state index in [0.717, 1.165) is 12.5 Å². The number of alkyl halides is 3. The number of aromatic nitrogens is 1. The number of hydrogen-bond donors (Lipinski definition) is 2. The summed E-state index contributed by atoms with van der Waals surface area (Å²) in [7, 11) is 0. The molecule has 1 aromatic carbocycles. The quantitative estimate of drug-likeness (QED) is 0.909. The number of rotatable bonds is 4. The summed E-state index contributed by atoms with van der Waals surface area (Å²) in [5.74, 6) is -0.486. The minimum atomic E-state index is -4.58. The first-order valence-electron chi connectivity index (χ1n) is 6.32. The van der Waals surface area contributed by atoms with Crippen molar-refractivity contribution >= 4 is 5.91 Å². The number of nitrogens with zero attached hydrogens (tertiary/aromatic N) is 1. The number of nitrogens with one attached hydrogen (secondary N) is 1. The van der Waals surface area contributed by atoms with Gasteiger partial charge in [-0.25, -0.2) is 4.98 Å². The molecule has 118 valence electrons. The molecule has 0 spiro atoms. The molecule has 1 amide bonds. The van der Waals surface area contributed by atoms with E-state index >= 15 is 0 Å².